The molecule has 2 rings (SSSR count). The second-order valence-electron chi connectivity index (χ2n) is 4.54. The molecule has 0 aliphatic carbocycles. The molecule has 0 atom stereocenters. The summed E-state index contributed by atoms with van der Waals surface area (Å²) in [4.78, 5) is 10.6. The topological polar surface area (TPSA) is 64.4 Å². The van der Waals surface area contributed by atoms with Gasteiger partial charge in [0.2, 0.25) is 0 Å². The van der Waals surface area contributed by atoms with Crippen molar-refractivity contribution in [2.24, 2.45) is 0 Å². The van der Waals surface area contributed by atoms with Gasteiger partial charge >= 0.3 is 0 Å². The van der Waals surface area contributed by atoms with Crippen molar-refractivity contribution in [3.63, 3.8) is 0 Å². The maximum absolute atomic E-state index is 11.0. The minimum Gasteiger partial charge on any atom is -0.487 e. The van der Waals surface area contributed by atoms with Crippen LogP contribution in [0.15, 0.2) is 36.4 Å². The fraction of sp³-hybridized carbons (Fsp3) is 0.200. The molecule has 0 aliphatic rings. The molecule has 0 heterocycles. The maximum atomic E-state index is 11.0. The van der Waals surface area contributed by atoms with Crippen LogP contribution in [0.4, 0.5) is 11.4 Å². The number of halogens is 1. The van der Waals surface area contributed by atoms with E-state index in [2.05, 4.69) is 5.32 Å². The van der Waals surface area contributed by atoms with Gasteiger partial charge in [-0.2, -0.15) is 0 Å². The Hall–Kier alpha value is -2.27. The van der Waals surface area contributed by atoms with Crippen LogP contribution < -0.4 is 10.1 Å². The molecule has 0 radical (unpaired) electrons. The third-order valence-corrected chi connectivity index (χ3v) is 3.34. The highest BCUT2D eigenvalue weighted by molar-refractivity contribution is 6.32. The first-order chi connectivity index (χ1) is 10.0. The van der Waals surface area contributed by atoms with Crippen LogP contribution in [0, 0.1) is 17.0 Å². The number of hydrogen-bond donors (Lipinski definition) is 1. The number of nitro groups is 1. The number of ether oxygens (including phenoxy) is 1. The zero-order valence-corrected chi connectivity index (χ0v) is 12.5. The molecule has 6 heteroatoms. The van der Waals surface area contributed by atoms with Gasteiger partial charge in [0.15, 0.2) is 0 Å². The van der Waals surface area contributed by atoms with Gasteiger partial charge in [-0.1, -0.05) is 29.8 Å². The summed E-state index contributed by atoms with van der Waals surface area (Å²) in [6.45, 7) is 2.13. The molecule has 2 aromatic carbocycles. The highest BCUT2D eigenvalue weighted by Gasteiger charge is 2.16. The molecular formula is C15H15ClN2O3. The van der Waals surface area contributed by atoms with Gasteiger partial charge in [-0.25, -0.2) is 0 Å². The van der Waals surface area contributed by atoms with Crippen LogP contribution in [0.2, 0.25) is 5.02 Å². The number of para-hydroxylation sites is 1. The summed E-state index contributed by atoms with van der Waals surface area (Å²) in [5.41, 5.74) is 2.21. The van der Waals surface area contributed by atoms with Crippen molar-refractivity contribution in [3.8, 4) is 5.75 Å². The average molecular weight is 307 g/mol. The molecule has 0 amide bonds. The van der Waals surface area contributed by atoms with Crippen LogP contribution in [-0.2, 0) is 6.61 Å². The van der Waals surface area contributed by atoms with E-state index >= 15 is 0 Å². The summed E-state index contributed by atoms with van der Waals surface area (Å²) >= 11 is 6.10. The quantitative estimate of drug-likeness (QED) is 0.665. The lowest BCUT2D eigenvalue weighted by atomic mass is 10.1. The molecule has 0 bridgehead atoms. The Kier molecular flexibility index (Phi) is 4.65. The maximum Gasteiger partial charge on any atom is 0.292 e. The van der Waals surface area contributed by atoms with Crippen molar-refractivity contribution in [3.05, 3.63) is 62.7 Å². The standard InChI is InChI=1S/C15H15ClN2O3/c1-10-6-7-14(12(16)8-10)21-9-11-4-3-5-13(18(19)20)15(11)17-2/h3-8,17H,9H2,1-2H3. The molecule has 0 aliphatic heterocycles. The average Bonchev–Trinajstić information content (AvgIpc) is 2.45. The van der Waals surface area contributed by atoms with E-state index in [0.717, 1.165) is 5.56 Å². The number of nitro benzene ring substituents is 1. The third kappa shape index (κ3) is 3.44. The molecule has 21 heavy (non-hydrogen) atoms. The first kappa shape index (κ1) is 15.1. The molecular weight excluding hydrogens is 292 g/mol. The second kappa shape index (κ2) is 6.45. The molecule has 110 valence electrons. The van der Waals surface area contributed by atoms with Crippen LogP contribution in [0.5, 0.6) is 5.75 Å². The van der Waals surface area contributed by atoms with Crippen LogP contribution in [0.1, 0.15) is 11.1 Å². The van der Waals surface area contributed by atoms with E-state index in [1.54, 1.807) is 25.2 Å². The number of hydrogen-bond acceptors (Lipinski definition) is 4. The first-order valence-electron chi connectivity index (χ1n) is 6.36. The lowest BCUT2D eigenvalue weighted by molar-refractivity contribution is -0.384. The number of anilines is 1. The van der Waals surface area contributed by atoms with E-state index in [1.807, 2.05) is 19.1 Å². The third-order valence-electron chi connectivity index (χ3n) is 3.05. The van der Waals surface area contributed by atoms with Crippen molar-refractivity contribution in [1.82, 2.24) is 0 Å². The normalized spacial score (nSPS) is 10.2. The molecule has 2 aromatic rings. The summed E-state index contributed by atoms with van der Waals surface area (Å²) < 4.78 is 5.66. The first-order valence-corrected chi connectivity index (χ1v) is 6.73. The van der Waals surface area contributed by atoms with Crippen LogP contribution in [0.3, 0.4) is 0 Å². The zero-order chi connectivity index (χ0) is 15.4. The Morgan fingerprint density at radius 3 is 2.71 bits per heavy atom. The minimum absolute atomic E-state index is 0.0219. The fourth-order valence-corrected chi connectivity index (χ4v) is 2.32. The largest absolute Gasteiger partial charge is 0.487 e. The van der Waals surface area contributed by atoms with Gasteiger partial charge in [-0.05, 0) is 24.6 Å². The van der Waals surface area contributed by atoms with E-state index in [9.17, 15) is 10.1 Å². The summed E-state index contributed by atoms with van der Waals surface area (Å²) in [5, 5.41) is 14.4. The zero-order valence-electron chi connectivity index (χ0n) is 11.7. The van der Waals surface area contributed by atoms with E-state index in [4.69, 9.17) is 16.3 Å². The Morgan fingerprint density at radius 2 is 2.10 bits per heavy atom. The lowest BCUT2D eigenvalue weighted by Crippen LogP contribution is -2.04. The van der Waals surface area contributed by atoms with Crippen molar-refractivity contribution < 1.29 is 9.66 Å². The molecule has 0 aromatic heterocycles. The molecule has 0 spiro atoms. The SMILES string of the molecule is CNc1c(COc2ccc(C)cc2Cl)cccc1[N+](=O)[O-]. The van der Waals surface area contributed by atoms with Gasteiger partial charge in [0, 0.05) is 18.7 Å². The van der Waals surface area contributed by atoms with Gasteiger partial charge in [-0.3, -0.25) is 10.1 Å². The summed E-state index contributed by atoms with van der Waals surface area (Å²) in [5.74, 6) is 0.552. The van der Waals surface area contributed by atoms with Gasteiger partial charge in [-0.15, -0.1) is 0 Å². The van der Waals surface area contributed by atoms with Crippen molar-refractivity contribution in [2.75, 3.05) is 12.4 Å². The molecule has 0 saturated heterocycles. The number of rotatable bonds is 5. The Morgan fingerprint density at radius 1 is 1.33 bits per heavy atom. The van der Waals surface area contributed by atoms with Crippen molar-refractivity contribution >= 4 is 23.0 Å². The lowest BCUT2D eigenvalue weighted by Gasteiger charge is -2.12. The molecule has 0 fully saturated rings. The van der Waals surface area contributed by atoms with Crippen molar-refractivity contribution in [2.45, 2.75) is 13.5 Å². The number of aryl methyl sites for hydroxylation is 1. The Balaban J connectivity index is 2.24. The number of benzene rings is 2. The van der Waals surface area contributed by atoms with Crippen LogP contribution in [0.25, 0.3) is 0 Å². The van der Waals surface area contributed by atoms with Gasteiger partial charge < -0.3 is 10.1 Å². The number of nitrogens with one attached hydrogen (secondary N) is 1. The number of nitrogens with zero attached hydrogens (tertiary/aromatic N) is 1. The summed E-state index contributed by atoms with van der Waals surface area (Å²) in [6.07, 6.45) is 0. The predicted octanol–water partition coefficient (Wildman–Crippen LogP) is 4.18. The van der Waals surface area contributed by atoms with Gasteiger partial charge in [0.1, 0.15) is 18.0 Å². The Labute approximate surface area is 127 Å². The minimum atomic E-state index is -0.422. The van der Waals surface area contributed by atoms with E-state index < -0.39 is 4.92 Å². The Bertz CT molecular complexity index is 674. The van der Waals surface area contributed by atoms with Crippen molar-refractivity contribution in [1.29, 1.82) is 0 Å². The fourth-order valence-electron chi connectivity index (χ4n) is 2.03. The van der Waals surface area contributed by atoms with E-state index in [0.29, 0.717) is 22.0 Å². The monoisotopic (exact) mass is 306 g/mol. The summed E-state index contributed by atoms with van der Waals surface area (Å²) in [6, 6.07) is 10.4. The highest BCUT2D eigenvalue weighted by Crippen LogP contribution is 2.30. The highest BCUT2D eigenvalue weighted by atomic mass is 35.5. The summed E-state index contributed by atoms with van der Waals surface area (Å²) in [7, 11) is 1.64. The molecule has 0 saturated carbocycles. The molecule has 0 unspecified atom stereocenters. The predicted molar refractivity (Wildman–Crippen MR) is 83.2 cm³/mol. The molecule has 1 N–H and O–H groups in total. The van der Waals surface area contributed by atoms with E-state index in [-0.39, 0.29) is 12.3 Å². The second-order valence-corrected chi connectivity index (χ2v) is 4.95. The van der Waals surface area contributed by atoms with Gasteiger partial charge in [0.05, 0.1) is 9.95 Å². The van der Waals surface area contributed by atoms with Gasteiger partial charge in [0.25, 0.3) is 5.69 Å². The molecule has 5 nitrogen and oxygen atoms in total. The van der Waals surface area contributed by atoms with E-state index in [1.165, 1.54) is 6.07 Å². The van der Waals surface area contributed by atoms with Crippen LogP contribution >= 0.6 is 11.6 Å². The van der Waals surface area contributed by atoms with Crippen LogP contribution in [-0.4, -0.2) is 12.0 Å². The smallest absolute Gasteiger partial charge is 0.292 e.